The molecule has 1 aliphatic rings. The molecule has 0 N–H and O–H groups in total. The summed E-state index contributed by atoms with van der Waals surface area (Å²) in [5, 5.41) is 0. The van der Waals surface area contributed by atoms with Crippen molar-refractivity contribution in [3.63, 3.8) is 0 Å². The smallest absolute Gasteiger partial charge is 0.0899 e. The zero-order valence-electron chi connectivity index (χ0n) is 11.7. The normalized spacial score (nSPS) is 15.7. The van der Waals surface area contributed by atoms with E-state index in [1.165, 1.54) is 48.3 Å². The first-order chi connectivity index (χ1) is 8.74. The van der Waals surface area contributed by atoms with Crippen LogP contribution in [0, 0.1) is 0 Å². The van der Waals surface area contributed by atoms with Gasteiger partial charge in [0.25, 0.3) is 0 Å². The molecule has 1 aromatic carbocycles. The van der Waals surface area contributed by atoms with E-state index >= 15 is 0 Å². The van der Waals surface area contributed by atoms with Gasteiger partial charge in [-0.15, -0.1) is 0 Å². The van der Waals surface area contributed by atoms with E-state index in [4.69, 9.17) is 0 Å². The van der Waals surface area contributed by atoms with E-state index in [0.717, 1.165) is 0 Å². The summed E-state index contributed by atoms with van der Waals surface area (Å²) in [6.07, 6.45) is 5.18. The van der Waals surface area contributed by atoms with Crippen LogP contribution in [-0.4, -0.2) is 16.3 Å². The highest BCUT2D eigenvalue weighted by atomic mass is 32.2. The maximum absolute atomic E-state index is 4.50. The van der Waals surface area contributed by atoms with Crippen LogP contribution >= 0.6 is 0 Å². The van der Waals surface area contributed by atoms with E-state index in [1.807, 2.05) is 0 Å². The molecular weight excluding hydrogens is 236 g/mol. The molecular formula is C17H25S+. The molecule has 0 radical (unpaired) electrons. The fourth-order valence-corrected chi connectivity index (χ4v) is 5.60. The lowest BCUT2D eigenvalue weighted by atomic mass is 9.86. The SMILES string of the molecule is C=C(c1ccccc1)C(CCC)(CCC)[S+]1CC1. The Morgan fingerprint density at radius 2 is 1.67 bits per heavy atom. The molecule has 0 unspecified atom stereocenters. The molecule has 2 rings (SSSR count). The van der Waals surface area contributed by atoms with Gasteiger partial charge in [-0.05, 0) is 5.56 Å². The average molecular weight is 261 g/mol. The van der Waals surface area contributed by atoms with E-state index in [0.29, 0.717) is 15.6 Å². The van der Waals surface area contributed by atoms with Crippen molar-refractivity contribution in [3.05, 3.63) is 42.5 Å². The number of hydrogen-bond donors (Lipinski definition) is 0. The summed E-state index contributed by atoms with van der Waals surface area (Å²) >= 11 is 0. The molecule has 1 saturated heterocycles. The molecule has 0 nitrogen and oxygen atoms in total. The third-order valence-corrected chi connectivity index (χ3v) is 6.52. The van der Waals surface area contributed by atoms with Crippen molar-refractivity contribution in [1.82, 2.24) is 0 Å². The van der Waals surface area contributed by atoms with Crippen LogP contribution in [0.1, 0.15) is 45.1 Å². The van der Waals surface area contributed by atoms with Gasteiger partial charge >= 0.3 is 0 Å². The Morgan fingerprint density at radius 3 is 2.11 bits per heavy atom. The second-order valence-electron chi connectivity index (χ2n) is 5.24. The van der Waals surface area contributed by atoms with Crippen LogP contribution in [0.2, 0.25) is 0 Å². The van der Waals surface area contributed by atoms with Crippen molar-refractivity contribution < 1.29 is 0 Å². The van der Waals surface area contributed by atoms with E-state index in [9.17, 15) is 0 Å². The molecule has 1 heterocycles. The van der Waals surface area contributed by atoms with E-state index in [-0.39, 0.29) is 0 Å². The minimum atomic E-state index is 0.408. The first-order valence-electron chi connectivity index (χ1n) is 7.17. The Labute approximate surface area is 115 Å². The Morgan fingerprint density at radius 1 is 1.11 bits per heavy atom. The summed E-state index contributed by atoms with van der Waals surface area (Å²) in [6, 6.07) is 10.8. The topological polar surface area (TPSA) is 0 Å². The second kappa shape index (κ2) is 5.97. The zero-order chi connectivity index (χ0) is 13.0. The molecule has 1 aliphatic heterocycles. The molecule has 0 aliphatic carbocycles. The van der Waals surface area contributed by atoms with Crippen molar-refractivity contribution in [1.29, 1.82) is 0 Å². The summed E-state index contributed by atoms with van der Waals surface area (Å²) in [5.74, 6) is 2.87. The highest BCUT2D eigenvalue weighted by molar-refractivity contribution is 8.05. The standard InChI is InChI=1S/C17H25S/c1-4-11-17(12-5-2,18-13-14-18)15(3)16-9-7-6-8-10-16/h6-10H,3-5,11-14H2,1-2H3/q+1. The highest BCUT2D eigenvalue weighted by Crippen LogP contribution is 2.46. The fourth-order valence-electron chi connectivity index (χ4n) is 3.03. The largest absolute Gasteiger partial charge is 0.153 e. The summed E-state index contributed by atoms with van der Waals surface area (Å²) < 4.78 is 0.408. The fraction of sp³-hybridized carbons (Fsp3) is 0.529. The molecule has 0 amide bonds. The maximum Gasteiger partial charge on any atom is 0.153 e. The molecule has 0 bridgehead atoms. The van der Waals surface area contributed by atoms with Gasteiger partial charge in [0.2, 0.25) is 0 Å². The van der Waals surface area contributed by atoms with Gasteiger partial charge in [0.15, 0.2) is 16.3 Å². The minimum absolute atomic E-state index is 0.408. The van der Waals surface area contributed by atoms with Gasteiger partial charge in [-0.25, -0.2) is 0 Å². The Kier molecular flexibility index (Phi) is 4.55. The van der Waals surface area contributed by atoms with Gasteiger partial charge in [-0.3, -0.25) is 0 Å². The van der Waals surface area contributed by atoms with E-state index in [1.54, 1.807) is 0 Å². The van der Waals surface area contributed by atoms with Gasteiger partial charge in [0, 0.05) is 29.3 Å². The Bertz CT molecular complexity index is 383. The van der Waals surface area contributed by atoms with Gasteiger partial charge in [0.05, 0.1) is 0 Å². The molecule has 0 saturated carbocycles. The minimum Gasteiger partial charge on any atom is -0.0899 e. The Hall–Kier alpha value is -0.690. The maximum atomic E-state index is 4.50. The van der Waals surface area contributed by atoms with Crippen molar-refractivity contribution in [3.8, 4) is 0 Å². The molecule has 0 atom stereocenters. The van der Waals surface area contributed by atoms with Crippen molar-refractivity contribution in [2.75, 3.05) is 11.5 Å². The van der Waals surface area contributed by atoms with Gasteiger partial charge in [0.1, 0.15) is 0 Å². The first-order valence-corrected chi connectivity index (χ1v) is 8.73. The third kappa shape index (κ3) is 2.66. The van der Waals surface area contributed by atoms with Gasteiger partial charge < -0.3 is 0 Å². The molecule has 18 heavy (non-hydrogen) atoms. The number of rotatable bonds is 7. The lowest BCUT2D eigenvalue weighted by Gasteiger charge is -2.29. The molecule has 98 valence electrons. The molecule has 0 aromatic heterocycles. The molecule has 1 aromatic rings. The van der Waals surface area contributed by atoms with Crippen LogP contribution in [0.3, 0.4) is 0 Å². The number of benzene rings is 1. The van der Waals surface area contributed by atoms with Crippen LogP contribution in [0.5, 0.6) is 0 Å². The highest BCUT2D eigenvalue weighted by Gasteiger charge is 2.56. The molecule has 1 fully saturated rings. The van der Waals surface area contributed by atoms with Crippen LogP contribution in [-0.2, 0) is 10.9 Å². The number of hydrogen-bond acceptors (Lipinski definition) is 0. The van der Waals surface area contributed by atoms with Crippen molar-refractivity contribution in [2.24, 2.45) is 0 Å². The predicted molar refractivity (Wildman–Crippen MR) is 85.1 cm³/mol. The van der Waals surface area contributed by atoms with Crippen LogP contribution < -0.4 is 0 Å². The first kappa shape index (κ1) is 13.7. The second-order valence-corrected chi connectivity index (χ2v) is 7.82. The zero-order valence-corrected chi connectivity index (χ0v) is 12.6. The van der Waals surface area contributed by atoms with Crippen LogP contribution in [0.15, 0.2) is 36.9 Å². The van der Waals surface area contributed by atoms with Crippen LogP contribution in [0.25, 0.3) is 5.57 Å². The van der Waals surface area contributed by atoms with E-state index < -0.39 is 0 Å². The molecule has 0 spiro atoms. The Balaban J connectivity index is 2.30. The quantitative estimate of drug-likeness (QED) is 0.494. The average Bonchev–Trinajstić information content (AvgIpc) is 3.23. The van der Waals surface area contributed by atoms with E-state index in [2.05, 4.69) is 50.8 Å². The van der Waals surface area contributed by atoms with Gasteiger partial charge in [-0.2, -0.15) is 0 Å². The summed E-state index contributed by atoms with van der Waals surface area (Å²) in [5.41, 5.74) is 2.77. The summed E-state index contributed by atoms with van der Waals surface area (Å²) in [7, 11) is 0.608. The monoisotopic (exact) mass is 261 g/mol. The van der Waals surface area contributed by atoms with Gasteiger partial charge in [-0.1, -0.05) is 63.6 Å². The van der Waals surface area contributed by atoms with Crippen molar-refractivity contribution in [2.45, 2.75) is 44.3 Å². The lowest BCUT2D eigenvalue weighted by molar-refractivity contribution is 0.586. The predicted octanol–water partition coefficient (Wildman–Crippen LogP) is 4.67. The van der Waals surface area contributed by atoms with Crippen LogP contribution in [0.4, 0.5) is 0 Å². The van der Waals surface area contributed by atoms with Crippen molar-refractivity contribution >= 4 is 16.5 Å². The third-order valence-electron chi connectivity index (χ3n) is 3.94. The molecule has 1 heteroatoms. The summed E-state index contributed by atoms with van der Waals surface area (Å²) in [6.45, 7) is 9.13. The lowest BCUT2D eigenvalue weighted by Crippen LogP contribution is -2.33. The summed E-state index contributed by atoms with van der Waals surface area (Å²) in [4.78, 5) is 0.